The minimum Gasteiger partial charge on any atom is -0.162 e. The fraction of sp³-hybridized carbons (Fsp3) is 1.00. The highest BCUT2D eigenvalue weighted by molar-refractivity contribution is 14.1. The maximum atomic E-state index is 2.44. The summed E-state index contributed by atoms with van der Waals surface area (Å²) >= 11 is 4.50. The Morgan fingerprint density at radius 1 is 1.22 bits per heavy atom. The van der Waals surface area contributed by atoms with Gasteiger partial charge in [0.05, 0.1) is 0 Å². The third kappa shape index (κ3) is 9.08. The summed E-state index contributed by atoms with van der Waals surface area (Å²) in [6, 6.07) is 0. The molecule has 0 aromatic heterocycles. The van der Waals surface area contributed by atoms with Gasteiger partial charge < -0.3 is 0 Å². The second-order valence-electron chi connectivity index (χ2n) is 1.95. The molecule has 0 N–H and O–H groups in total. The molecule has 0 aromatic carbocycles. The highest BCUT2D eigenvalue weighted by atomic mass is 127. The van der Waals surface area contributed by atoms with Crippen molar-refractivity contribution in [3.63, 3.8) is 0 Å². The summed E-state index contributed by atoms with van der Waals surface area (Å²) in [5.41, 5.74) is 0. The molecule has 0 amide bonds. The Morgan fingerprint density at radius 3 is 2.56 bits per heavy atom. The predicted molar refractivity (Wildman–Crippen MR) is 55.7 cm³/mol. The van der Waals surface area contributed by atoms with E-state index < -0.39 is 0 Å². The first-order valence-corrected chi connectivity index (χ1v) is 6.23. The van der Waals surface area contributed by atoms with Crippen molar-refractivity contribution < 1.29 is 0 Å². The van der Waals surface area contributed by atoms with E-state index in [0.717, 1.165) is 0 Å². The SMILES string of the molecule is CCSCCCCCI. The van der Waals surface area contributed by atoms with E-state index in [2.05, 4.69) is 41.3 Å². The Balaban J connectivity index is 2.60. The first kappa shape index (κ1) is 10.1. The van der Waals surface area contributed by atoms with Gasteiger partial charge in [0.25, 0.3) is 0 Å². The molecule has 2 heteroatoms. The predicted octanol–water partition coefficient (Wildman–Crippen LogP) is 3.34. The molecule has 0 radical (unpaired) electrons. The molecule has 0 saturated carbocycles. The molecule has 0 nitrogen and oxygen atoms in total. The van der Waals surface area contributed by atoms with E-state index in [1.54, 1.807) is 0 Å². The molecular formula is C7H15IS. The molecule has 0 spiro atoms. The quantitative estimate of drug-likeness (QED) is 0.400. The van der Waals surface area contributed by atoms with Crippen LogP contribution in [0.5, 0.6) is 0 Å². The minimum atomic E-state index is 1.28. The van der Waals surface area contributed by atoms with E-state index >= 15 is 0 Å². The van der Waals surface area contributed by atoms with E-state index in [9.17, 15) is 0 Å². The van der Waals surface area contributed by atoms with E-state index in [-0.39, 0.29) is 0 Å². The van der Waals surface area contributed by atoms with Gasteiger partial charge in [-0.15, -0.1) is 0 Å². The van der Waals surface area contributed by atoms with Crippen LogP contribution in [0.2, 0.25) is 0 Å². The van der Waals surface area contributed by atoms with Gasteiger partial charge in [-0.1, -0.05) is 35.9 Å². The highest BCUT2D eigenvalue weighted by Crippen LogP contribution is 2.05. The largest absolute Gasteiger partial charge is 0.162 e. The van der Waals surface area contributed by atoms with E-state index in [4.69, 9.17) is 0 Å². The Hall–Kier alpha value is 1.08. The maximum absolute atomic E-state index is 2.44. The zero-order chi connectivity index (χ0) is 6.95. The fourth-order valence-electron chi connectivity index (χ4n) is 0.620. The normalized spacial score (nSPS) is 10.0. The van der Waals surface area contributed by atoms with E-state index in [1.165, 1.54) is 35.2 Å². The Labute approximate surface area is 76.3 Å². The van der Waals surface area contributed by atoms with Crippen LogP contribution in [0.4, 0.5) is 0 Å². The van der Waals surface area contributed by atoms with E-state index in [0.29, 0.717) is 0 Å². The number of hydrogen-bond acceptors (Lipinski definition) is 1. The number of alkyl halides is 1. The van der Waals surface area contributed by atoms with Crippen molar-refractivity contribution >= 4 is 34.4 Å². The standard InChI is InChI=1S/C7H15IS/c1-2-9-7-5-3-4-6-8/h2-7H2,1H3. The molecule has 0 heterocycles. The highest BCUT2D eigenvalue weighted by Gasteiger charge is 1.86. The van der Waals surface area contributed by atoms with Crippen molar-refractivity contribution in [2.75, 3.05) is 15.9 Å². The molecule has 0 aliphatic carbocycles. The summed E-state index contributed by atoms with van der Waals surface area (Å²) in [6.45, 7) is 2.23. The second kappa shape index (κ2) is 9.08. The van der Waals surface area contributed by atoms with Crippen LogP contribution in [-0.2, 0) is 0 Å². The van der Waals surface area contributed by atoms with Crippen LogP contribution in [-0.4, -0.2) is 15.9 Å². The van der Waals surface area contributed by atoms with Gasteiger partial charge in [-0.3, -0.25) is 0 Å². The molecule has 9 heavy (non-hydrogen) atoms. The van der Waals surface area contributed by atoms with Gasteiger partial charge in [-0.25, -0.2) is 0 Å². The summed E-state index contributed by atoms with van der Waals surface area (Å²) < 4.78 is 1.33. The number of halogens is 1. The van der Waals surface area contributed by atoms with Crippen molar-refractivity contribution in [1.82, 2.24) is 0 Å². The van der Waals surface area contributed by atoms with Crippen LogP contribution >= 0.6 is 34.4 Å². The monoisotopic (exact) mass is 258 g/mol. The average molecular weight is 258 g/mol. The molecule has 0 fully saturated rings. The zero-order valence-electron chi connectivity index (χ0n) is 6.03. The van der Waals surface area contributed by atoms with Crippen LogP contribution in [0.25, 0.3) is 0 Å². The van der Waals surface area contributed by atoms with Crippen LogP contribution in [0.15, 0.2) is 0 Å². The molecule has 0 bridgehead atoms. The van der Waals surface area contributed by atoms with E-state index in [1.807, 2.05) is 0 Å². The summed E-state index contributed by atoms with van der Waals surface area (Å²) in [6.07, 6.45) is 4.25. The van der Waals surface area contributed by atoms with Crippen LogP contribution in [0.3, 0.4) is 0 Å². The lowest BCUT2D eigenvalue weighted by molar-refractivity contribution is 0.792. The molecule has 0 aromatic rings. The van der Waals surface area contributed by atoms with Gasteiger partial charge in [0, 0.05) is 0 Å². The molecular weight excluding hydrogens is 243 g/mol. The van der Waals surface area contributed by atoms with Gasteiger partial charge >= 0.3 is 0 Å². The van der Waals surface area contributed by atoms with Crippen molar-refractivity contribution in [3.05, 3.63) is 0 Å². The van der Waals surface area contributed by atoms with Crippen LogP contribution in [0.1, 0.15) is 26.2 Å². The second-order valence-corrected chi connectivity index (χ2v) is 4.42. The first-order chi connectivity index (χ1) is 4.41. The van der Waals surface area contributed by atoms with Gasteiger partial charge in [-0.2, -0.15) is 11.8 Å². The third-order valence-electron chi connectivity index (χ3n) is 1.13. The summed E-state index contributed by atoms with van der Waals surface area (Å²) in [5, 5.41) is 0. The molecule has 0 rings (SSSR count). The topological polar surface area (TPSA) is 0 Å². The van der Waals surface area contributed by atoms with Gasteiger partial charge in [0.2, 0.25) is 0 Å². The van der Waals surface area contributed by atoms with Crippen molar-refractivity contribution in [1.29, 1.82) is 0 Å². The minimum absolute atomic E-state index is 1.28. The van der Waals surface area contributed by atoms with Gasteiger partial charge in [0.1, 0.15) is 0 Å². The Bertz CT molecular complexity index is 42.2. The first-order valence-electron chi connectivity index (χ1n) is 3.55. The van der Waals surface area contributed by atoms with Gasteiger partial charge in [-0.05, 0) is 28.8 Å². The lowest BCUT2D eigenvalue weighted by atomic mass is 10.3. The van der Waals surface area contributed by atoms with Crippen molar-refractivity contribution in [2.24, 2.45) is 0 Å². The third-order valence-corrected chi connectivity index (χ3v) is 2.87. The molecule has 0 atom stereocenters. The molecule has 0 unspecified atom stereocenters. The number of thioether (sulfide) groups is 1. The summed E-state index contributed by atoms with van der Waals surface area (Å²) in [5.74, 6) is 2.65. The Kier molecular flexibility index (Phi) is 10.2. The summed E-state index contributed by atoms with van der Waals surface area (Å²) in [4.78, 5) is 0. The molecule has 0 saturated heterocycles. The lowest BCUT2D eigenvalue weighted by Gasteiger charge is -1.95. The number of rotatable bonds is 6. The maximum Gasteiger partial charge on any atom is -0.000472 e. The molecule has 56 valence electrons. The lowest BCUT2D eigenvalue weighted by Crippen LogP contribution is -1.81. The van der Waals surface area contributed by atoms with Crippen LogP contribution < -0.4 is 0 Å². The fourth-order valence-corrected chi connectivity index (χ4v) is 1.86. The van der Waals surface area contributed by atoms with Crippen molar-refractivity contribution in [3.8, 4) is 0 Å². The number of unbranched alkanes of at least 4 members (excludes halogenated alkanes) is 2. The molecule has 0 aliphatic heterocycles. The average Bonchev–Trinajstić information content (AvgIpc) is 1.89. The zero-order valence-corrected chi connectivity index (χ0v) is 9.00. The van der Waals surface area contributed by atoms with Crippen molar-refractivity contribution in [2.45, 2.75) is 26.2 Å². The Morgan fingerprint density at radius 2 is 2.00 bits per heavy atom. The summed E-state index contributed by atoms with van der Waals surface area (Å²) in [7, 11) is 0. The van der Waals surface area contributed by atoms with Crippen LogP contribution in [0, 0.1) is 0 Å². The number of hydrogen-bond donors (Lipinski definition) is 0. The molecule has 0 aliphatic rings. The van der Waals surface area contributed by atoms with Gasteiger partial charge in [0.15, 0.2) is 0 Å². The smallest absolute Gasteiger partial charge is 0.000472 e.